The van der Waals surface area contributed by atoms with Gasteiger partial charge in [0.1, 0.15) is 5.03 Å². The van der Waals surface area contributed by atoms with E-state index in [1.807, 2.05) is 12.1 Å². The third-order valence-electron chi connectivity index (χ3n) is 3.89. The first-order valence-corrected chi connectivity index (χ1v) is 8.79. The van der Waals surface area contributed by atoms with Crippen molar-refractivity contribution in [2.45, 2.75) is 24.6 Å². The van der Waals surface area contributed by atoms with Gasteiger partial charge in [-0.2, -0.15) is 0 Å². The second-order valence-corrected chi connectivity index (χ2v) is 6.78. The molecule has 0 aliphatic heterocycles. The predicted octanol–water partition coefficient (Wildman–Crippen LogP) is 4.96. The van der Waals surface area contributed by atoms with Gasteiger partial charge in [-0.05, 0) is 49.2 Å². The topological polar surface area (TPSA) is 68.9 Å². The first kappa shape index (κ1) is 17.1. The fourth-order valence-corrected chi connectivity index (χ4v) is 3.29. The van der Waals surface area contributed by atoms with E-state index < -0.39 is 4.92 Å². The number of non-ortho nitro benzene ring substituents is 1. The highest BCUT2D eigenvalue weighted by Crippen LogP contribution is 2.25. The fourth-order valence-electron chi connectivity index (χ4n) is 2.41. The number of hydrogen-bond acceptors (Lipinski definition) is 5. The van der Waals surface area contributed by atoms with Crippen molar-refractivity contribution < 1.29 is 4.92 Å². The van der Waals surface area contributed by atoms with Crippen LogP contribution in [0.25, 0.3) is 11.3 Å². The Labute approximate surface area is 150 Å². The molecule has 126 valence electrons. The predicted molar refractivity (Wildman–Crippen MR) is 99.6 cm³/mol. The molecular formula is C19H17N3O2S. The molecule has 0 unspecified atom stereocenters. The second-order valence-electron chi connectivity index (χ2n) is 5.78. The van der Waals surface area contributed by atoms with Gasteiger partial charge < -0.3 is 0 Å². The maximum atomic E-state index is 10.7. The van der Waals surface area contributed by atoms with E-state index in [4.69, 9.17) is 0 Å². The zero-order chi connectivity index (χ0) is 17.8. The van der Waals surface area contributed by atoms with Gasteiger partial charge in [-0.15, -0.1) is 10.2 Å². The van der Waals surface area contributed by atoms with Crippen LogP contribution in [0.3, 0.4) is 0 Å². The van der Waals surface area contributed by atoms with E-state index in [0.29, 0.717) is 5.69 Å². The van der Waals surface area contributed by atoms with Gasteiger partial charge in [-0.1, -0.05) is 35.5 Å². The number of benzene rings is 2. The Morgan fingerprint density at radius 1 is 1.00 bits per heavy atom. The van der Waals surface area contributed by atoms with Crippen molar-refractivity contribution in [3.63, 3.8) is 0 Å². The van der Waals surface area contributed by atoms with E-state index in [9.17, 15) is 10.1 Å². The molecule has 0 radical (unpaired) electrons. The molecular weight excluding hydrogens is 334 g/mol. The standard InChI is InChI=1S/C19H17N3O2S/c1-13-3-4-14(2)16(11-13)12-25-19-10-9-18(20-21-19)15-5-7-17(8-6-15)22(23)24/h3-11H,12H2,1-2H3. The van der Waals surface area contributed by atoms with Crippen LogP contribution < -0.4 is 0 Å². The minimum Gasteiger partial charge on any atom is -0.258 e. The van der Waals surface area contributed by atoms with Crippen LogP contribution in [-0.4, -0.2) is 15.1 Å². The first-order chi connectivity index (χ1) is 12.0. The smallest absolute Gasteiger partial charge is 0.258 e. The van der Waals surface area contributed by atoms with Crippen LogP contribution in [0.4, 0.5) is 5.69 Å². The lowest BCUT2D eigenvalue weighted by Gasteiger charge is -2.07. The Hall–Kier alpha value is -2.73. The van der Waals surface area contributed by atoms with Crippen molar-refractivity contribution in [3.8, 4) is 11.3 Å². The highest BCUT2D eigenvalue weighted by molar-refractivity contribution is 7.98. The van der Waals surface area contributed by atoms with Gasteiger partial charge in [0.15, 0.2) is 0 Å². The average molecular weight is 351 g/mol. The van der Waals surface area contributed by atoms with Crippen LogP contribution in [0, 0.1) is 24.0 Å². The van der Waals surface area contributed by atoms with Crippen molar-refractivity contribution >= 4 is 17.4 Å². The van der Waals surface area contributed by atoms with E-state index in [2.05, 4.69) is 42.2 Å². The van der Waals surface area contributed by atoms with E-state index in [1.54, 1.807) is 23.9 Å². The summed E-state index contributed by atoms with van der Waals surface area (Å²) in [5.74, 6) is 0.846. The van der Waals surface area contributed by atoms with Gasteiger partial charge in [0.2, 0.25) is 0 Å². The zero-order valence-electron chi connectivity index (χ0n) is 14.0. The summed E-state index contributed by atoms with van der Waals surface area (Å²) >= 11 is 1.64. The van der Waals surface area contributed by atoms with Crippen LogP contribution >= 0.6 is 11.8 Å². The Balaban J connectivity index is 1.69. The fraction of sp³-hybridized carbons (Fsp3) is 0.158. The molecule has 2 aromatic carbocycles. The Morgan fingerprint density at radius 2 is 1.76 bits per heavy atom. The molecule has 3 aromatic rings. The number of nitrogens with zero attached hydrogens (tertiary/aromatic N) is 3. The van der Waals surface area contributed by atoms with Crippen molar-refractivity contribution in [2.75, 3.05) is 0 Å². The van der Waals surface area contributed by atoms with Crippen molar-refractivity contribution in [1.82, 2.24) is 10.2 Å². The highest BCUT2D eigenvalue weighted by atomic mass is 32.2. The lowest BCUT2D eigenvalue weighted by molar-refractivity contribution is -0.384. The van der Waals surface area contributed by atoms with Gasteiger partial charge in [0.05, 0.1) is 10.6 Å². The number of nitro groups is 1. The minimum absolute atomic E-state index is 0.0670. The molecule has 0 aliphatic rings. The summed E-state index contributed by atoms with van der Waals surface area (Å²) in [6.45, 7) is 4.20. The third kappa shape index (κ3) is 4.22. The van der Waals surface area contributed by atoms with Crippen LogP contribution in [0.15, 0.2) is 59.6 Å². The van der Waals surface area contributed by atoms with Crippen LogP contribution in [-0.2, 0) is 5.75 Å². The average Bonchev–Trinajstić information content (AvgIpc) is 2.63. The maximum Gasteiger partial charge on any atom is 0.269 e. The molecule has 0 bridgehead atoms. The number of aryl methyl sites for hydroxylation is 2. The van der Waals surface area contributed by atoms with Gasteiger partial charge in [-0.25, -0.2) is 0 Å². The van der Waals surface area contributed by atoms with Crippen LogP contribution in [0.5, 0.6) is 0 Å². The lowest BCUT2D eigenvalue weighted by atomic mass is 10.1. The molecule has 3 rings (SSSR count). The number of nitro benzene ring substituents is 1. The number of thioether (sulfide) groups is 1. The third-order valence-corrected chi connectivity index (χ3v) is 4.86. The molecule has 0 aliphatic carbocycles. The molecule has 0 spiro atoms. The Morgan fingerprint density at radius 3 is 2.40 bits per heavy atom. The summed E-state index contributed by atoms with van der Waals surface area (Å²) in [6, 6.07) is 16.6. The van der Waals surface area contributed by atoms with Crippen molar-refractivity contribution in [1.29, 1.82) is 0 Å². The van der Waals surface area contributed by atoms with E-state index in [1.165, 1.54) is 28.8 Å². The van der Waals surface area contributed by atoms with Gasteiger partial charge >= 0.3 is 0 Å². The SMILES string of the molecule is Cc1ccc(C)c(CSc2ccc(-c3ccc([N+](=O)[O-])cc3)nn2)c1. The number of aromatic nitrogens is 2. The summed E-state index contributed by atoms with van der Waals surface area (Å²) in [5.41, 5.74) is 5.40. The minimum atomic E-state index is -0.414. The highest BCUT2D eigenvalue weighted by Gasteiger charge is 2.07. The molecule has 1 heterocycles. The van der Waals surface area contributed by atoms with Gasteiger partial charge in [-0.3, -0.25) is 10.1 Å². The molecule has 0 saturated heterocycles. The molecule has 0 amide bonds. The number of hydrogen-bond donors (Lipinski definition) is 0. The van der Waals surface area contributed by atoms with E-state index in [-0.39, 0.29) is 5.69 Å². The molecule has 0 fully saturated rings. The summed E-state index contributed by atoms with van der Waals surface area (Å²) in [7, 11) is 0. The van der Waals surface area contributed by atoms with Gasteiger partial charge in [0, 0.05) is 23.4 Å². The molecule has 1 aromatic heterocycles. The number of rotatable bonds is 5. The largest absolute Gasteiger partial charge is 0.269 e. The van der Waals surface area contributed by atoms with Crippen molar-refractivity contribution in [3.05, 3.63) is 81.4 Å². The first-order valence-electron chi connectivity index (χ1n) is 7.80. The molecule has 0 N–H and O–H groups in total. The Bertz CT molecular complexity index is 894. The monoisotopic (exact) mass is 351 g/mol. The van der Waals surface area contributed by atoms with Crippen molar-refractivity contribution in [2.24, 2.45) is 0 Å². The lowest BCUT2D eigenvalue weighted by Crippen LogP contribution is -1.92. The molecule has 6 heteroatoms. The van der Waals surface area contributed by atoms with Gasteiger partial charge in [0.25, 0.3) is 5.69 Å². The normalized spacial score (nSPS) is 10.6. The summed E-state index contributed by atoms with van der Waals surface area (Å²) in [5, 5.41) is 20.0. The molecule has 0 atom stereocenters. The van der Waals surface area contributed by atoms with Crippen LogP contribution in [0.1, 0.15) is 16.7 Å². The molecule has 5 nitrogen and oxygen atoms in total. The molecule has 25 heavy (non-hydrogen) atoms. The van der Waals surface area contributed by atoms with Crippen LogP contribution in [0.2, 0.25) is 0 Å². The molecule has 0 saturated carbocycles. The summed E-state index contributed by atoms with van der Waals surface area (Å²) in [6.07, 6.45) is 0. The Kier molecular flexibility index (Phi) is 5.09. The van der Waals surface area contributed by atoms with E-state index in [0.717, 1.165) is 16.3 Å². The van der Waals surface area contributed by atoms with E-state index >= 15 is 0 Å². The second kappa shape index (κ2) is 7.44. The zero-order valence-corrected chi connectivity index (χ0v) is 14.8. The maximum absolute atomic E-state index is 10.7. The quantitative estimate of drug-likeness (QED) is 0.369. The summed E-state index contributed by atoms with van der Waals surface area (Å²) in [4.78, 5) is 10.3. The summed E-state index contributed by atoms with van der Waals surface area (Å²) < 4.78 is 0.